The van der Waals surface area contributed by atoms with Gasteiger partial charge in [0.15, 0.2) is 0 Å². The van der Waals surface area contributed by atoms with Crippen molar-refractivity contribution in [3.05, 3.63) is 46.7 Å². The standard InChI is InChI=1S/C14H19BrFNO/c1-3-4-8-18-9-7-17-11(2)12-5-6-14(16)13(15)10-12/h3,5-6,10-11,17H,1,4,7-9H2,2H3. The van der Waals surface area contributed by atoms with Crippen LogP contribution in [0.15, 0.2) is 35.3 Å². The molecule has 0 radical (unpaired) electrons. The van der Waals surface area contributed by atoms with Crippen LogP contribution in [0.25, 0.3) is 0 Å². The van der Waals surface area contributed by atoms with E-state index in [0.717, 1.165) is 18.5 Å². The summed E-state index contributed by atoms with van der Waals surface area (Å²) in [5.41, 5.74) is 1.05. The van der Waals surface area contributed by atoms with Crippen LogP contribution in [0.2, 0.25) is 0 Å². The molecule has 1 rings (SSSR count). The fourth-order valence-corrected chi connectivity index (χ4v) is 1.91. The first kappa shape index (κ1) is 15.3. The van der Waals surface area contributed by atoms with Crippen LogP contribution < -0.4 is 5.32 Å². The molecule has 2 nitrogen and oxygen atoms in total. The Morgan fingerprint density at radius 2 is 2.28 bits per heavy atom. The van der Waals surface area contributed by atoms with Gasteiger partial charge in [-0.15, -0.1) is 6.58 Å². The minimum Gasteiger partial charge on any atom is -0.380 e. The molecule has 100 valence electrons. The summed E-state index contributed by atoms with van der Waals surface area (Å²) in [7, 11) is 0. The molecule has 0 aromatic heterocycles. The van der Waals surface area contributed by atoms with Crippen molar-refractivity contribution >= 4 is 15.9 Å². The first-order valence-corrected chi connectivity index (χ1v) is 6.81. The van der Waals surface area contributed by atoms with Crippen molar-refractivity contribution in [2.75, 3.05) is 19.8 Å². The van der Waals surface area contributed by atoms with Crippen LogP contribution >= 0.6 is 15.9 Å². The van der Waals surface area contributed by atoms with Gasteiger partial charge in [-0.1, -0.05) is 12.1 Å². The molecule has 1 N–H and O–H groups in total. The predicted octanol–water partition coefficient (Wildman–Crippen LogP) is 3.83. The van der Waals surface area contributed by atoms with Crippen molar-refractivity contribution in [3.63, 3.8) is 0 Å². The maximum Gasteiger partial charge on any atom is 0.137 e. The van der Waals surface area contributed by atoms with E-state index in [0.29, 0.717) is 17.7 Å². The summed E-state index contributed by atoms with van der Waals surface area (Å²) in [5, 5.41) is 3.33. The van der Waals surface area contributed by atoms with Crippen molar-refractivity contribution in [1.82, 2.24) is 5.32 Å². The Bertz CT molecular complexity index is 384. The largest absolute Gasteiger partial charge is 0.380 e. The Morgan fingerprint density at radius 1 is 1.50 bits per heavy atom. The number of hydrogen-bond donors (Lipinski definition) is 1. The van der Waals surface area contributed by atoms with E-state index in [1.807, 2.05) is 13.0 Å². The van der Waals surface area contributed by atoms with Gasteiger partial charge in [0.2, 0.25) is 0 Å². The van der Waals surface area contributed by atoms with Gasteiger partial charge in [0.25, 0.3) is 0 Å². The summed E-state index contributed by atoms with van der Waals surface area (Å²) in [6, 6.07) is 5.23. The lowest BCUT2D eigenvalue weighted by Gasteiger charge is -2.14. The van der Waals surface area contributed by atoms with Crippen LogP contribution in [0.1, 0.15) is 24.9 Å². The summed E-state index contributed by atoms with van der Waals surface area (Å²) in [5.74, 6) is -0.237. The Morgan fingerprint density at radius 3 is 2.94 bits per heavy atom. The molecule has 0 amide bonds. The van der Waals surface area contributed by atoms with Crippen molar-refractivity contribution in [2.45, 2.75) is 19.4 Å². The van der Waals surface area contributed by atoms with Crippen LogP contribution in [-0.4, -0.2) is 19.8 Å². The quantitative estimate of drug-likeness (QED) is 0.581. The molecular weight excluding hydrogens is 297 g/mol. The number of rotatable bonds is 8. The minimum absolute atomic E-state index is 0.171. The highest BCUT2D eigenvalue weighted by Gasteiger charge is 2.07. The Hall–Kier alpha value is -0.710. The van der Waals surface area contributed by atoms with Gasteiger partial charge in [-0.3, -0.25) is 0 Å². The molecule has 0 saturated carbocycles. The highest BCUT2D eigenvalue weighted by molar-refractivity contribution is 9.10. The lowest BCUT2D eigenvalue weighted by atomic mass is 10.1. The second-order valence-electron chi connectivity index (χ2n) is 4.04. The average molecular weight is 316 g/mol. The lowest BCUT2D eigenvalue weighted by Crippen LogP contribution is -2.23. The molecule has 0 saturated heterocycles. The van der Waals surface area contributed by atoms with E-state index < -0.39 is 0 Å². The summed E-state index contributed by atoms with van der Waals surface area (Å²) in [6.45, 7) is 7.82. The molecule has 1 atom stereocenters. The molecular formula is C14H19BrFNO. The van der Waals surface area contributed by atoms with E-state index in [1.54, 1.807) is 12.1 Å². The first-order valence-electron chi connectivity index (χ1n) is 6.02. The van der Waals surface area contributed by atoms with Gasteiger partial charge in [-0.05, 0) is 47.0 Å². The maximum atomic E-state index is 13.1. The molecule has 0 aliphatic rings. The average Bonchev–Trinajstić information content (AvgIpc) is 2.36. The second kappa shape index (κ2) is 8.40. The van der Waals surface area contributed by atoms with E-state index in [-0.39, 0.29) is 11.9 Å². The number of halogens is 2. The molecule has 0 spiro atoms. The van der Waals surface area contributed by atoms with Crippen LogP contribution in [0, 0.1) is 5.82 Å². The summed E-state index contributed by atoms with van der Waals surface area (Å²) in [4.78, 5) is 0. The van der Waals surface area contributed by atoms with E-state index in [2.05, 4.69) is 27.8 Å². The van der Waals surface area contributed by atoms with Gasteiger partial charge in [0, 0.05) is 12.6 Å². The fourth-order valence-electron chi connectivity index (χ4n) is 1.52. The van der Waals surface area contributed by atoms with Crippen molar-refractivity contribution in [2.24, 2.45) is 0 Å². The van der Waals surface area contributed by atoms with E-state index in [1.165, 1.54) is 6.07 Å². The fraction of sp³-hybridized carbons (Fsp3) is 0.429. The zero-order valence-electron chi connectivity index (χ0n) is 10.6. The lowest BCUT2D eigenvalue weighted by molar-refractivity contribution is 0.138. The van der Waals surface area contributed by atoms with Crippen molar-refractivity contribution in [3.8, 4) is 0 Å². The highest BCUT2D eigenvalue weighted by Crippen LogP contribution is 2.20. The molecule has 0 aliphatic heterocycles. The summed E-state index contributed by atoms with van der Waals surface area (Å²) < 4.78 is 19.0. The van der Waals surface area contributed by atoms with Crippen molar-refractivity contribution in [1.29, 1.82) is 0 Å². The van der Waals surface area contributed by atoms with Crippen LogP contribution in [-0.2, 0) is 4.74 Å². The van der Waals surface area contributed by atoms with Gasteiger partial charge >= 0.3 is 0 Å². The third kappa shape index (κ3) is 5.29. The van der Waals surface area contributed by atoms with Gasteiger partial charge in [0.1, 0.15) is 5.82 Å². The highest BCUT2D eigenvalue weighted by atomic mass is 79.9. The smallest absolute Gasteiger partial charge is 0.137 e. The van der Waals surface area contributed by atoms with Gasteiger partial charge in [0.05, 0.1) is 17.7 Å². The normalized spacial score (nSPS) is 12.4. The van der Waals surface area contributed by atoms with Crippen LogP contribution in [0.4, 0.5) is 4.39 Å². The van der Waals surface area contributed by atoms with Gasteiger partial charge in [-0.25, -0.2) is 4.39 Å². The molecule has 0 heterocycles. The minimum atomic E-state index is -0.237. The van der Waals surface area contributed by atoms with E-state index in [4.69, 9.17) is 4.74 Å². The Labute approximate surface area is 116 Å². The van der Waals surface area contributed by atoms with Crippen LogP contribution in [0.5, 0.6) is 0 Å². The Kier molecular flexibility index (Phi) is 7.16. The predicted molar refractivity (Wildman–Crippen MR) is 76.2 cm³/mol. The topological polar surface area (TPSA) is 21.3 Å². The second-order valence-corrected chi connectivity index (χ2v) is 4.89. The zero-order valence-corrected chi connectivity index (χ0v) is 12.2. The molecule has 4 heteroatoms. The summed E-state index contributed by atoms with van der Waals surface area (Å²) in [6.07, 6.45) is 2.71. The van der Waals surface area contributed by atoms with Gasteiger partial charge < -0.3 is 10.1 Å². The van der Waals surface area contributed by atoms with E-state index in [9.17, 15) is 4.39 Å². The zero-order chi connectivity index (χ0) is 13.4. The maximum absolute atomic E-state index is 13.1. The Balaban J connectivity index is 2.29. The molecule has 1 unspecified atom stereocenters. The molecule has 18 heavy (non-hydrogen) atoms. The van der Waals surface area contributed by atoms with Crippen LogP contribution in [0.3, 0.4) is 0 Å². The third-order valence-electron chi connectivity index (χ3n) is 2.61. The molecule has 0 bridgehead atoms. The van der Waals surface area contributed by atoms with E-state index >= 15 is 0 Å². The summed E-state index contributed by atoms with van der Waals surface area (Å²) >= 11 is 3.19. The number of nitrogens with one attached hydrogen (secondary N) is 1. The van der Waals surface area contributed by atoms with Gasteiger partial charge in [-0.2, -0.15) is 0 Å². The number of hydrogen-bond acceptors (Lipinski definition) is 2. The number of benzene rings is 1. The SMILES string of the molecule is C=CCCOCCNC(C)c1ccc(F)c(Br)c1. The molecule has 1 aromatic carbocycles. The van der Waals surface area contributed by atoms with Crippen molar-refractivity contribution < 1.29 is 9.13 Å². The number of ether oxygens (including phenoxy) is 1. The molecule has 0 fully saturated rings. The monoisotopic (exact) mass is 315 g/mol. The molecule has 0 aliphatic carbocycles. The third-order valence-corrected chi connectivity index (χ3v) is 3.21. The molecule has 1 aromatic rings. The first-order chi connectivity index (χ1) is 8.65.